The van der Waals surface area contributed by atoms with Crippen molar-refractivity contribution in [3.05, 3.63) is 47.8 Å². The maximum absolute atomic E-state index is 12.7. The van der Waals surface area contributed by atoms with Crippen LogP contribution in [0.3, 0.4) is 0 Å². The summed E-state index contributed by atoms with van der Waals surface area (Å²) in [7, 11) is 4.03. The highest BCUT2D eigenvalue weighted by Crippen LogP contribution is 2.23. The van der Waals surface area contributed by atoms with Gasteiger partial charge in [0.15, 0.2) is 0 Å². The molecule has 2 heterocycles. The van der Waals surface area contributed by atoms with E-state index in [1.165, 1.54) is 6.07 Å². The van der Waals surface area contributed by atoms with Gasteiger partial charge in [-0.2, -0.15) is 5.10 Å². The van der Waals surface area contributed by atoms with Crippen molar-refractivity contribution in [1.82, 2.24) is 19.6 Å². The lowest BCUT2D eigenvalue weighted by Crippen LogP contribution is -2.44. The van der Waals surface area contributed by atoms with E-state index >= 15 is 0 Å². The van der Waals surface area contributed by atoms with Gasteiger partial charge in [-0.3, -0.25) is 9.48 Å². The van der Waals surface area contributed by atoms with Gasteiger partial charge in [0.1, 0.15) is 5.75 Å². The van der Waals surface area contributed by atoms with Crippen molar-refractivity contribution in [2.24, 2.45) is 0 Å². The largest absolute Gasteiger partial charge is 0.508 e. The summed E-state index contributed by atoms with van der Waals surface area (Å²) in [5, 5.41) is 13.9. The lowest BCUT2D eigenvalue weighted by Gasteiger charge is -2.35. The smallest absolute Gasteiger partial charge is 0.254 e. The molecule has 1 aliphatic rings. The Morgan fingerprint density at radius 2 is 2.23 bits per heavy atom. The van der Waals surface area contributed by atoms with Crippen molar-refractivity contribution < 1.29 is 9.90 Å². The normalized spacial score (nSPS) is 17.6. The van der Waals surface area contributed by atoms with Crippen LogP contribution in [0.2, 0.25) is 0 Å². The number of hydrogen-bond donors (Lipinski definition) is 1. The molecule has 1 aliphatic heterocycles. The van der Waals surface area contributed by atoms with Gasteiger partial charge in [0.25, 0.3) is 5.91 Å². The molecule has 1 aromatic heterocycles. The van der Waals surface area contributed by atoms with E-state index in [9.17, 15) is 9.90 Å². The zero-order chi connectivity index (χ0) is 15.7. The molecule has 0 fully saturated rings. The van der Waals surface area contributed by atoms with E-state index in [1.54, 1.807) is 24.4 Å². The van der Waals surface area contributed by atoms with Gasteiger partial charge in [-0.05, 0) is 38.4 Å². The molecule has 0 saturated carbocycles. The molecule has 0 bridgehead atoms. The molecular weight excluding hydrogens is 280 g/mol. The Morgan fingerprint density at radius 1 is 1.41 bits per heavy atom. The fraction of sp³-hybridized carbons (Fsp3) is 0.375. The molecule has 1 amide bonds. The summed E-state index contributed by atoms with van der Waals surface area (Å²) in [6.07, 6.45) is 1.78. The highest BCUT2D eigenvalue weighted by atomic mass is 16.3. The third kappa shape index (κ3) is 2.82. The monoisotopic (exact) mass is 300 g/mol. The van der Waals surface area contributed by atoms with Crippen molar-refractivity contribution in [3.63, 3.8) is 0 Å². The number of phenolic OH excluding ortho intramolecular Hbond substituents is 1. The minimum atomic E-state index is -0.0629. The quantitative estimate of drug-likeness (QED) is 0.929. The van der Waals surface area contributed by atoms with E-state index in [4.69, 9.17) is 0 Å². The molecule has 0 radical (unpaired) electrons. The van der Waals surface area contributed by atoms with Crippen molar-refractivity contribution in [2.45, 2.75) is 12.6 Å². The topological polar surface area (TPSA) is 61.6 Å². The molecule has 1 atom stereocenters. The molecule has 0 saturated heterocycles. The number of hydrogen-bond acceptors (Lipinski definition) is 4. The third-order valence-electron chi connectivity index (χ3n) is 3.84. The Hall–Kier alpha value is -2.34. The molecule has 0 spiro atoms. The number of rotatable bonds is 3. The van der Waals surface area contributed by atoms with Crippen molar-refractivity contribution in [1.29, 1.82) is 0 Å². The molecule has 3 rings (SSSR count). The van der Waals surface area contributed by atoms with Gasteiger partial charge in [0, 0.05) is 24.8 Å². The standard InChI is InChI=1S/C16H20N4O2/c1-18(2)9-14-11-19(10-13-6-7-17-20(13)14)16(22)12-4-3-5-15(21)8-12/h3-8,14,21H,9-11H2,1-2H3/t14-/m1/s1. The molecule has 22 heavy (non-hydrogen) atoms. The van der Waals surface area contributed by atoms with Crippen LogP contribution in [0.15, 0.2) is 36.5 Å². The summed E-state index contributed by atoms with van der Waals surface area (Å²) < 4.78 is 2.01. The summed E-state index contributed by atoms with van der Waals surface area (Å²) in [5.41, 5.74) is 1.54. The number of likely N-dealkylation sites (N-methyl/N-ethyl adjacent to an activating group) is 1. The molecule has 6 nitrogen and oxygen atoms in total. The van der Waals surface area contributed by atoms with E-state index in [-0.39, 0.29) is 17.7 Å². The second kappa shape index (κ2) is 5.81. The third-order valence-corrected chi connectivity index (χ3v) is 3.84. The van der Waals surface area contributed by atoms with Crippen molar-refractivity contribution in [2.75, 3.05) is 27.2 Å². The van der Waals surface area contributed by atoms with Crippen LogP contribution in [-0.4, -0.2) is 57.8 Å². The van der Waals surface area contributed by atoms with Crippen LogP contribution in [0, 0.1) is 0 Å². The van der Waals surface area contributed by atoms with Gasteiger partial charge in [0.2, 0.25) is 0 Å². The number of amides is 1. The highest BCUT2D eigenvalue weighted by Gasteiger charge is 2.29. The maximum atomic E-state index is 12.7. The minimum absolute atomic E-state index is 0.0629. The molecule has 0 aliphatic carbocycles. The van der Waals surface area contributed by atoms with Gasteiger partial charge < -0.3 is 14.9 Å². The predicted molar refractivity (Wildman–Crippen MR) is 82.7 cm³/mol. The van der Waals surface area contributed by atoms with Gasteiger partial charge in [-0.15, -0.1) is 0 Å². The van der Waals surface area contributed by atoms with Gasteiger partial charge in [0.05, 0.1) is 18.3 Å². The summed E-state index contributed by atoms with van der Waals surface area (Å²) in [5.74, 6) is 0.0462. The number of carbonyl (C=O) groups is 1. The number of aromatic nitrogens is 2. The van der Waals surface area contributed by atoms with E-state index in [0.29, 0.717) is 18.7 Å². The molecule has 2 aromatic rings. The summed E-state index contributed by atoms with van der Waals surface area (Å²) in [4.78, 5) is 16.6. The number of benzene rings is 1. The predicted octanol–water partition coefficient (Wildman–Crippen LogP) is 1.35. The Labute approximate surface area is 129 Å². The first-order valence-electron chi connectivity index (χ1n) is 7.30. The van der Waals surface area contributed by atoms with E-state index in [2.05, 4.69) is 10.00 Å². The second-order valence-electron chi connectivity index (χ2n) is 5.92. The van der Waals surface area contributed by atoms with Crippen LogP contribution >= 0.6 is 0 Å². The van der Waals surface area contributed by atoms with Crippen LogP contribution in [-0.2, 0) is 6.54 Å². The Balaban J connectivity index is 1.85. The van der Waals surface area contributed by atoms with Crippen LogP contribution in [0.1, 0.15) is 22.1 Å². The van der Waals surface area contributed by atoms with E-state index < -0.39 is 0 Å². The fourth-order valence-electron chi connectivity index (χ4n) is 2.92. The summed E-state index contributed by atoms with van der Waals surface area (Å²) in [6.45, 7) is 1.97. The first-order chi connectivity index (χ1) is 10.5. The number of aromatic hydroxyl groups is 1. The Kier molecular flexibility index (Phi) is 3.85. The first-order valence-corrected chi connectivity index (χ1v) is 7.30. The molecule has 0 unspecified atom stereocenters. The maximum Gasteiger partial charge on any atom is 0.254 e. The average molecular weight is 300 g/mol. The van der Waals surface area contributed by atoms with Crippen LogP contribution in [0.4, 0.5) is 0 Å². The fourth-order valence-corrected chi connectivity index (χ4v) is 2.92. The second-order valence-corrected chi connectivity index (χ2v) is 5.92. The first kappa shape index (κ1) is 14.6. The Bertz CT molecular complexity index is 680. The van der Waals surface area contributed by atoms with Crippen LogP contribution < -0.4 is 0 Å². The molecular formula is C16H20N4O2. The Morgan fingerprint density at radius 3 is 2.95 bits per heavy atom. The number of phenols is 1. The SMILES string of the molecule is CN(C)C[C@@H]1CN(C(=O)c2cccc(O)c2)Cc2ccnn21. The zero-order valence-electron chi connectivity index (χ0n) is 12.8. The zero-order valence-corrected chi connectivity index (χ0v) is 12.8. The van der Waals surface area contributed by atoms with E-state index in [1.807, 2.05) is 29.7 Å². The summed E-state index contributed by atoms with van der Waals surface area (Å²) >= 11 is 0. The number of fused-ring (bicyclic) bond motifs is 1. The van der Waals surface area contributed by atoms with Crippen LogP contribution in [0.5, 0.6) is 5.75 Å². The van der Waals surface area contributed by atoms with Gasteiger partial charge >= 0.3 is 0 Å². The number of nitrogens with zero attached hydrogens (tertiary/aromatic N) is 4. The van der Waals surface area contributed by atoms with Crippen molar-refractivity contribution in [3.8, 4) is 5.75 Å². The minimum Gasteiger partial charge on any atom is -0.508 e. The molecule has 1 aromatic carbocycles. The molecule has 6 heteroatoms. The lowest BCUT2D eigenvalue weighted by molar-refractivity contribution is 0.0652. The number of carbonyl (C=O) groups excluding carboxylic acids is 1. The van der Waals surface area contributed by atoms with Gasteiger partial charge in [-0.1, -0.05) is 6.07 Å². The van der Waals surface area contributed by atoms with E-state index in [0.717, 1.165) is 12.2 Å². The van der Waals surface area contributed by atoms with Gasteiger partial charge in [-0.25, -0.2) is 0 Å². The summed E-state index contributed by atoms with van der Waals surface area (Å²) in [6, 6.07) is 8.58. The molecule has 1 N–H and O–H groups in total. The average Bonchev–Trinajstić information content (AvgIpc) is 2.94. The van der Waals surface area contributed by atoms with Crippen LogP contribution in [0.25, 0.3) is 0 Å². The lowest BCUT2D eigenvalue weighted by atomic mass is 10.1. The molecule has 116 valence electrons. The van der Waals surface area contributed by atoms with Crippen molar-refractivity contribution >= 4 is 5.91 Å². The highest BCUT2D eigenvalue weighted by molar-refractivity contribution is 5.94.